The van der Waals surface area contributed by atoms with Crippen LogP contribution in [-0.2, 0) is 0 Å². The second-order valence-corrected chi connectivity index (χ2v) is 5.56. The first kappa shape index (κ1) is 14.3. The van der Waals surface area contributed by atoms with Gasteiger partial charge in [0.25, 0.3) is 0 Å². The van der Waals surface area contributed by atoms with Crippen LogP contribution in [0.4, 0.5) is 0 Å². The van der Waals surface area contributed by atoms with E-state index in [0.717, 1.165) is 0 Å². The van der Waals surface area contributed by atoms with Crippen molar-refractivity contribution in [3.05, 3.63) is 65.1 Å². The molecule has 0 aliphatic heterocycles. The zero-order valence-electron chi connectivity index (χ0n) is 12.8. The fourth-order valence-electron chi connectivity index (χ4n) is 3.01. The maximum Gasteiger partial charge on any atom is 0.348 e. The molecule has 0 unspecified atom stereocenters. The summed E-state index contributed by atoms with van der Waals surface area (Å²) < 4.78 is 6.79. The van der Waals surface area contributed by atoms with Gasteiger partial charge in [-0.15, -0.1) is 0 Å². The molecular weight excluding hydrogens is 306 g/mol. The molecule has 0 bridgehead atoms. The van der Waals surface area contributed by atoms with Crippen LogP contribution >= 0.6 is 0 Å². The van der Waals surface area contributed by atoms with E-state index >= 15 is 0 Å². The lowest BCUT2D eigenvalue weighted by Crippen LogP contribution is -2.04. The van der Waals surface area contributed by atoms with Gasteiger partial charge < -0.3 is 9.52 Å². The van der Waals surface area contributed by atoms with Crippen LogP contribution in [0.3, 0.4) is 0 Å². The van der Waals surface area contributed by atoms with Gasteiger partial charge in [-0.05, 0) is 18.2 Å². The minimum atomic E-state index is -0.641. The lowest BCUT2D eigenvalue weighted by Gasteiger charge is -2.05. The van der Waals surface area contributed by atoms with E-state index in [-0.39, 0.29) is 17.2 Å². The highest BCUT2D eigenvalue weighted by molar-refractivity contribution is 6.04. The van der Waals surface area contributed by atoms with Gasteiger partial charge in [-0.2, -0.15) is 0 Å². The minimum absolute atomic E-state index is 0.0601. The highest BCUT2D eigenvalue weighted by Gasteiger charge is 2.20. The molecule has 5 nitrogen and oxygen atoms in total. The predicted molar refractivity (Wildman–Crippen MR) is 91.4 cm³/mol. The van der Waals surface area contributed by atoms with E-state index in [4.69, 9.17) is 4.42 Å². The van der Waals surface area contributed by atoms with E-state index in [0.29, 0.717) is 27.4 Å². The Morgan fingerprint density at radius 1 is 1.04 bits per heavy atom. The van der Waals surface area contributed by atoms with Crippen molar-refractivity contribution in [1.82, 2.24) is 4.57 Å². The Hall–Kier alpha value is -3.34. The third-order valence-corrected chi connectivity index (χ3v) is 4.11. The number of carbonyl (C=O) groups is 1. The summed E-state index contributed by atoms with van der Waals surface area (Å²) in [5, 5.41) is 11.8. The van der Waals surface area contributed by atoms with E-state index in [9.17, 15) is 14.7 Å². The second-order valence-electron chi connectivity index (χ2n) is 5.56. The maximum atomic E-state index is 12.5. The van der Waals surface area contributed by atoms with Gasteiger partial charge in [-0.1, -0.05) is 30.3 Å². The van der Waals surface area contributed by atoms with E-state index in [2.05, 4.69) is 0 Å². The molecule has 4 rings (SSSR count). The Labute approximate surface area is 136 Å². The number of para-hydroxylation sites is 2. The van der Waals surface area contributed by atoms with Crippen LogP contribution in [0.15, 0.2) is 63.9 Å². The molecule has 0 spiro atoms. The number of carbonyl (C=O) groups excluding carboxylic acids is 1. The number of hydrogen-bond acceptors (Lipinski definition) is 4. The molecule has 4 aromatic rings. The minimum Gasteiger partial charge on any atom is -0.506 e. The summed E-state index contributed by atoms with van der Waals surface area (Å²) in [5.41, 5.74) is 0.881. The van der Waals surface area contributed by atoms with Crippen LogP contribution in [0, 0.1) is 0 Å². The lowest BCUT2D eigenvalue weighted by molar-refractivity contribution is 0.0941. The van der Waals surface area contributed by atoms with Gasteiger partial charge in [0.15, 0.2) is 0 Å². The largest absolute Gasteiger partial charge is 0.506 e. The van der Waals surface area contributed by atoms with Crippen LogP contribution in [0.5, 0.6) is 5.75 Å². The zero-order valence-corrected chi connectivity index (χ0v) is 12.8. The first-order chi connectivity index (χ1) is 11.6. The first-order valence-electron chi connectivity index (χ1n) is 7.44. The van der Waals surface area contributed by atoms with Crippen molar-refractivity contribution < 1.29 is 14.3 Å². The normalized spacial score (nSPS) is 11.2. The summed E-state index contributed by atoms with van der Waals surface area (Å²) >= 11 is 0. The molecule has 0 saturated heterocycles. The number of aromatic nitrogens is 1. The maximum absolute atomic E-state index is 12.5. The summed E-state index contributed by atoms with van der Waals surface area (Å²) in [6.45, 7) is 1.44. The molecule has 0 aliphatic rings. The SMILES string of the molecule is CC(=O)n1cc(-c2c(O)c3ccccc3oc2=O)c2ccccc21. The molecule has 2 heterocycles. The quantitative estimate of drug-likeness (QED) is 0.542. The Morgan fingerprint density at radius 3 is 2.46 bits per heavy atom. The molecule has 0 atom stereocenters. The number of benzene rings is 2. The Bertz CT molecular complexity index is 1170. The van der Waals surface area contributed by atoms with Gasteiger partial charge in [0.1, 0.15) is 16.9 Å². The molecule has 2 aromatic carbocycles. The van der Waals surface area contributed by atoms with Gasteiger partial charge in [0.2, 0.25) is 5.91 Å². The highest BCUT2D eigenvalue weighted by atomic mass is 16.4. The fourth-order valence-corrected chi connectivity index (χ4v) is 3.01. The topological polar surface area (TPSA) is 72.4 Å². The van der Waals surface area contributed by atoms with Crippen LogP contribution in [0.25, 0.3) is 33.0 Å². The van der Waals surface area contributed by atoms with Crippen molar-refractivity contribution in [2.45, 2.75) is 6.92 Å². The molecule has 1 N–H and O–H groups in total. The average Bonchev–Trinajstić information content (AvgIpc) is 2.95. The molecule has 24 heavy (non-hydrogen) atoms. The van der Waals surface area contributed by atoms with E-state index in [1.54, 1.807) is 42.6 Å². The van der Waals surface area contributed by atoms with Crippen molar-refractivity contribution >= 4 is 27.8 Å². The summed E-state index contributed by atoms with van der Waals surface area (Å²) in [4.78, 5) is 24.3. The Morgan fingerprint density at radius 2 is 1.71 bits per heavy atom. The number of fused-ring (bicyclic) bond motifs is 2. The highest BCUT2D eigenvalue weighted by Crippen LogP contribution is 2.37. The van der Waals surface area contributed by atoms with Crippen molar-refractivity contribution in [1.29, 1.82) is 0 Å². The van der Waals surface area contributed by atoms with E-state index in [1.165, 1.54) is 11.5 Å². The number of nitrogens with zero attached hydrogens (tertiary/aromatic N) is 1. The summed E-state index contributed by atoms with van der Waals surface area (Å²) in [6, 6.07) is 14.0. The number of rotatable bonds is 1. The average molecular weight is 319 g/mol. The lowest BCUT2D eigenvalue weighted by atomic mass is 10.0. The fraction of sp³-hybridized carbons (Fsp3) is 0.0526. The van der Waals surface area contributed by atoms with Crippen LogP contribution in [0.2, 0.25) is 0 Å². The van der Waals surface area contributed by atoms with Crippen molar-refractivity contribution in [2.75, 3.05) is 0 Å². The first-order valence-corrected chi connectivity index (χ1v) is 7.44. The van der Waals surface area contributed by atoms with E-state index in [1.807, 2.05) is 12.1 Å². The van der Waals surface area contributed by atoms with Crippen LogP contribution in [-0.4, -0.2) is 15.6 Å². The third kappa shape index (κ3) is 1.95. The van der Waals surface area contributed by atoms with Crippen LogP contribution in [0.1, 0.15) is 11.7 Å². The summed E-state index contributed by atoms with van der Waals surface area (Å²) in [5.74, 6) is -0.324. The molecular formula is C19H13NO4. The Balaban J connectivity index is 2.15. The Kier molecular flexibility index (Phi) is 3.03. The smallest absolute Gasteiger partial charge is 0.348 e. The summed E-state index contributed by atoms with van der Waals surface area (Å²) in [7, 11) is 0. The van der Waals surface area contributed by atoms with Crippen molar-refractivity contribution in [2.24, 2.45) is 0 Å². The van der Waals surface area contributed by atoms with Crippen molar-refractivity contribution in [3.63, 3.8) is 0 Å². The zero-order chi connectivity index (χ0) is 16.8. The number of hydrogen-bond donors (Lipinski definition) is 1. The second kappa shape index (κ2) is 5.09. The molecule has 0 aliphatic carbocycles. The van der Waals surface area contributed by atoms with Gasteiger partial charge in [-0.25, -0.2) is 4.79 Å². The number of aromatic hydroxyl groups is 1. The predicted octanol–water partition coefficient (Wildman–Crippen LogP) is 3.78. The van der Waals surface area contributed by atoms with Crippen molar-refractivity contribution in [3.8, 4) is 16.9 Å². The third-order valence-electron chi connectivity index (χ3n) is 4.11. The van der Waals surface area contributed by atoms with Gasteiger partial charge in [0.05, 0.1) is 10.9 Å². The molecule has 0 fully saturated rings. The molecule has 0 saturated carbocycles. The molecule has 0 radical (unpaired) electrons. The monoisotopic (exact) mass is 319 g/mol. The molecule has 0 amide bonds. The standard InChI is InChI=1S/C19H13NO4/c1-11(21)20-10-14(12-6-2-4-8-15(12)20)17-18(22)13-7-3-5-9-16(13)24-19(17)23/h2-10,22H,1H3. The summed E-state index contributed by atoms with van der Waals surface area (Å²) in [6.07, 6.45) is 1.56. The van der Waals surface area contributed by atoms with Gasteiger partial charge in [0, 0.05) is 24.1 Å². The van der Waals surface area contributed by atoms with E-state index < -0.39 is 5.63 Å². The molecule has 118 valence electrons. The van der Waals surface area contributed by atoms with Crippen LogP contribution < -0.4 is 5.63 Å². The molecule has 5 heteroatoms. The van der Waals surface area contributed by atoms with Gasteiger partial charge >= 0.3 is 5.63 Å². The van der Waals surface area contributed by atoms with Gasteiger partial charge in [-0.3, -0.25) is 9.36 Å². The molecule has 2 aromatic heterocycles.